The predicted octanol–water partition coefficient (Wildman–Crippen LogP) is 2.57. The summed E-state index contributed by atoms with van der Waals surface area (Å²) in [5.41, 5.74) is 2.70. The van der Waals surface area contributed by atoms with Gasteiger partial charge in [-0.2, -0.15) is 0 Å². The van der Waals surface area contributed by atoms with Crippen molar-refractivity contribution >= 4 is 11.9 Å². The van der Waals surface area contributed by atoms with E-state index in [0.29, 0.717) is 25.4 Å². The highest BCUT2D eigenvalue weighted by molar-refractivity contribution is 5.78. The molecule has 26 heavy (non-hydrogen) atoms. The van der Waals surface area contributed by atoms with E-state index >= 15 is 0 Å². The van der Waals surface area contributed by atoms with E-state index in [1.165, 1.54) is 17.5 Å². The van der Waals surface area contributed by atoms with Crippen LogP contribution in [0.4, 0.5) is 0 Å². The molecule has 0 unspecified atom stereocenters. The predicted molar refractivity (Wildman–Crippen MR) is 101 cm³/mol. The van der Waals surface area contributed by atoms with Crippen molar-refractivity contribution in [3.63, 3.8) is 0 Å². The van der Waals surface area contributed by atoms with Crippen LogP contribution in [0.25, 0.3) is 0 Å². The lowest BCUT2D eigenvalue weighted by atomic mass is 9.90. The molecule has 5 nitrogen and oxygen atoms in total. The first kappa shape index (κ1) is 18.9. The van der Waals surface area contributed by atoms with Crippen molar-refractivity contribution in [2.24, 2.45) is 11.8 Å². The molecule has 0 aliphatic carbocycles. The number of carbonyl (C=O) groups is 2. The number of amides is 1. The number of piperidine rings is 1. The molecule has 0 spiro atoms. The number of hydrogen-bond donors (Lipinski definition) is 1. The van der Waals surface area contributed by atoms with Crippen molar-refractivity contribution in [2.45, 2.75) is 39.0 Å². The maximum atomic E-state index is 12.5. The second-order valence-electron chi connectivity index (χ2n) is 7.91. The zero-order chi connectivity index (χ0) is 18.5. The second kappa shape index (κ2) is 8.67. The van der Waals surface area contributed by atoms with Gasteiger partial charge in [-0.25, -0.2) is 0 Å². The Bertz CT molecular complexity index is 621. The number of carboxylic acids is 1. The molecule has 142 valence electrons. The number of nitrogens with zero attached hydrogens (tertiary/aromatic N) is 2. The van der Waals surface area contributed by atoms with Crippen LogP contribution in [0, 0.1) is 18.8 Å². The smallest absolute Gasteiger partial charge is 0.307 e. The molecule has 2 fully saturated rings. The number of hydrogen-bond acceptors (Lipinski definition) is 3. The monoisotopic (exact) mass is 358 g/mol. The molecule has 0 radical (unpaired) electrons. The number of rotatable bonds is 6. The zero-order valence-electron chi connectivity index (χ0n) is 15.7. The maximum absolute atomic E-state index is 12.5. The standard InChI is InChI=1S/C21H30N2O3/c1-16-2-4-17(5-3-16)6-7-18-8-12-23(13-9-18)20(24)15-22-11-10-19(14-22)21(25)26/h2-5,18-19H,6-15H2,1H3,(H,25,26)/t19-/m0/s1. The van der Waals surface area contributed by atoms with Crippen molar-refractivity contribution < 1.29 is 14.7 Å². The summed E-state index contributed by atoms with van der Waals surface area (Å²) in [5, 5.41) is 9.07. The lowest BCUT2D eigenvalue weighted by Crippen LogP contribution is -2.44. The average Bonchev–Trinajstić information content (AvgIpc) is 3.10. The van der Waals surface area contributed by atoms with Crippen LogP contribution in [0.5, 0.6) is 0 Å². The topological polar surface area (TPSA) is 60.9 Å². The van der Waals surface area contributed by atoms with Gasteiger partial charge in [0, 0.05) is 19.6 Å². The van der Waals surface area contributed by atoms with Gasteiger partial charge in [-0.15, -0.1) is 0 Å². The molecule has 2 aliphatic rings. The van der Waals surface area contributed by atoms with Crippen LogP contribution < -0.4 is 0 Å². The first-order chi connectivity index (χ1) is 12.5. The lowest BCUT2D eigenvalue weighted by Gasteiger charge is -2.33. The molecule has 2 heterocycles. The number of aryl methyl sites for hydroxylation is 2. The summed E-state index contributed by atoms with van der Waals surface area (Å²) in [6.07, 6.45) is 5.12. The molecular weight excluding hydrogens is 328 g/mol. The van der Waals surface area contributed by atoms with Crippen molar-refractivity contribution in [1.29, 1.82) is 0 Å². The fourth-order valence-electron chi connectivity index (χ4n) is 4.07. The molecule has 3 rings (SSSR count). The summed E-state index contributed by atoms with van der Waals surface area (Å²) >= 11 is 0. The van der Waals surface area contributed by atoms with Gasteiger partial charge in [0.05, 0.1) is 12.5 Å². The third kappa shape index (κ3) is 5.07. The van der Waals surface area contributed by atoms with Crippen LogP contribution in [0.2, 0.25) is 0 Å². The largest absolute Gasteiger partial charge is 0.481 e. The van der Waals surface area contributed by atoms with Crippen LogP contribution in [0.15, 0.2) is 24.3 Å². The quantitative estimate of drug-likeness (QED) is 0.849. The van der Waals surface area contributed by atoms with Gasteiger partial charge < -0.3 is 10.0 Å². The second-order valence-corrected chi connectivity index (χ2v) is 7.91. The summed E-state index contributed by atoms with van der Waals surface area (Å²) < 4.78 is 0. The number of likely N-dealkylation sites (tertiary alicyclic amines) is 2. The molecule has 2 saturated heterocycles. The number of carboxylic acid groups (broad SMARTS) is 1. The molecular formula is C21H30N2O3. The van der Waals surface area contributed by atoms with Crippen molar-refractivity contribution in [3.8, 4) is 0 Å². The summed E-state index contributed by atoms with van der Waals surface area (Å²) in [6.45, 7) is 5.39. The van der Waals surface area contributed by atoms with Crippen LogP contribution in [-0.4, -0.2) is 59.5 Å². The Morgan fingerprint density at radius 3 is 2.38 bits per heavy atom. The highest BCUT2D eigenvalue weighted by Gasteiger charge is 2.30. The van der Waals surface area contributed by atoms with Gasteiger partial charge >= 0.3 is 5.97 Å². The fraction of sp³-hybridized carbons (Fsp3) is 0.619. The zero-order valence-corrected chi connectivity index (χ0v) is 15.7. The Morgan fingerprint density at radius 1 is 1.08 bits per heavy atom. The van der Waals surface area contributed by atoms with E-state index in [-0.39, 0.29) is 11.8 Å². The number of carbonyl (C=O) groups excluding carboxylic acids is 1. The Hall–Kier alpha value is -1.88. The molecule has 1 N–H and O–H groups in total. The van der Waals surface area contributed by atoms with Gasteiger partial charge in [-0.3, -0.25) is 14.5 Å². The molecule has 1 aromatic rings. The van der Waals surface area contributed by atoms with Gasteiger partial charge in [0.15, 0.2) is 0 Å². The highest BCUT2D eigenvalue weighted by atomic mass is 16.4. The summed E-state index contributed by atoms with van der Waals surface area (Å²) in [5.74, 6) is -0.193. The molecule has 0 saturated carbocycles. The van der Waals surface area contributed by atoms with Crippen molar-refractivity contribution in [3.05, 3.63) is 35.4 Å². The first-order valence-electron chi connectivity index (χ1n) is 9.79. The van der Waals surface area contributed by atoms with E-state index < -0.39 is 5.97 Å². The van der Waals surface area contributed by atoms with Crippen molar-refractivity contribution in [2.75, 3.05) is 32.7 Å². The normalized spacial score (nSPS) is 21.9. The van der Waals surface area contributed by atoms with Gasteiger partial charge in [0.1, 0.15) is 0 Å². The SMILES string of the molecule is Cc1ccc(CCC2CCN(C(=O)CN3CC[C@H](C(=O)O)C3)CC2)cc1. The molecule has 1 atom stereocenters. The minimum atomic E-state index is -0.741. The van der Waals surface area contributed by atoms with Gasteiger partial charge in [0.25, 0.3) is 0 Å². The van der Waals surface area contributed by atoms with Gasteiger partial charge in [0.2, 0.25) is 5.91 Å². The fourth-order valence-corrected chi connectivity index (χ4v) is 4.07. The summed E-state index contributed by atoms with van der Waals surface area (Å²) in [7, 11) is 0. The van der Waals surface area contributed by atoms with E-state index in [1.807, 2.05) is 9.80 Å². The van der Waals surface area contributed by atoms with Crippen LogP contribution in [0.1, 0.15) is 36.8 Å². The van der Waals surface area contributed by atoms with E-state index in [4.69, 9.17) is 5.11 Å². The third-order valence-corrected chi connectivity index (χ3v) is 5.91. The lowest BCUT2D eigenvalue weighted by molar-refractivity contribution is -0.141. The molecule has 0 aromatic heterocycles. The molecule has 0 bridgehead atoms. The number of aliphatic carboxylic acids is 1. The summed E-state index contributed by atoms with van der Waals surface area (Å²) in [4.78, 5) is 27.5. The van der Waals surface area contributed by atoms with E-state index in [2.05, 4.69) is 31.2 Å². The molecule has 1 aromatic carbocycles. The Morgan fingerprint density at radius 2 is 1.77 bits per heavy atom. The van der Waals surface area contributed by atoms with E-state index in [9.17, 15) is 9.59 Å². The minimum absolute atomic E-state index is 0.160. The average molecular weight is 358 g/mol. The molecule has 5 heteroatoms. The minimum Gasteiger partial charge on any atom is -0.481 e. The Kier molecular flexibility index (Phi) is 6.30. The van der Waals surface area contributed by atoms with Crippen LogP contribution >= 0.6 is 0 Å². The van der Waals surface area contributed by atoms with Crippen LogP contribution in [-0.2, 0) is 16.0 Å². The van der Waals surface area contributed by atoms with Gasteiger partial charge in [-0.1, -0.05) is 29.8 Å². The van der Waals surface area contributed by atoms with Gasteiger partial charge in [-0.05, 0) is 57.1 Å². The Balaban J connectivity index is 1.37. The van der Waals surface area contributed by atoms with E-state index in [0.717, 1.165) is 38.9 Å². The van der Waals surface area contributed by atoms with Crippen LogP contribution in [0.3, 0.4) is 0 Å². The molecule has 1 amide bonds. The molecule has 2 aliphatic heterocycles. The third-order valence-electron chi connectivity index (χ3n) is 5.91. The van der Waals surface area contributed by atoms with Crippen molar-refractivity contribution in [1.82, 2.24) is 9.80 Å². The highest BCUT2D eigenvalue weighted by Crippen LogP contribution is 2.23. The maximum Gasteiger partial charge on any atom is 0.307 e. The number of benzene rings is 1. The Labute approximate surface area is 156 Å². The first-order valence-corrected chi connectivity index (χ1v) is 9.79. The summed E-state index contributed by atoms with van der Waals surface area (Å²) in [6, 6.07) is 8.77. The van der Waals surface area contributed by atoms with E-state index in [1.54, 1.807) is 0 Å².